The summed E-state index contributed by atoms with van der Waals surface area (Å²) in [5.74, 6) is -0.852. The van der Waals surface area contributed by atoms with Crippen molar-refractivity contribution in [1.82, 2.24) is 4.98 Å². The Labute approximate surface area is 112 Å². The van der Waals surface area contributed by atoms with Crippen LogP contribution in [0.1, 0.15) is 23.2 Å². The van der Waals surface area contributed by atoms with Crippen molar-refractivity contribution < 1.29 is 31.5 Å². The number of rotatable bonds is 3. The first-order chi connectivity index (χ1) is 8.68. The van der Waals surface area contributed by atoms with E-state index in [1.54, 1.807) is 0 Å². The van der Waals surface area contributed by atoms with Gasteiger partial charge >= 0.3 is 12.1 Å². The minimum atomic E-state index is -4.87. The highest BCUT2D eigenvalue weighted by molar-refractivity contribution is 9.10. The van der Waals surface area contributed by atoms with Crippen LogP contribution in [0.5, 0.6) is 0 Å². The molecule has 0 aliphatic heterocycles. The van der Waals surface area contributed by atoms with Crippen LogP contribution in [0.4, 0.5) is 22.0 Å². The Balaban J connectivity index is 3.36. The van der Waals surface area contributed by atoms with Gasteiger partial charge in [0.25, 0.3) is 6.43 Å². The van der Waals surface area contributed by atoms with Gasteiger partial charge in [-0.25, -0.2) is 8.78 Å². The van der Waals surface area contributed by atoms with E-state index in [2.05, 4.69) is 25.7 Å². The number of methoxy groups -OCH3 is 1. The maximum atomic E-state index is 12.8. The van der Waals surface area contributed by atoms with E-state index in [0.29, 0.717) is 6.20 Å². The lowest BCUT2D eigenvalue weighted by Crippen LogP contribution is -2.14. The molecule has 0 saturated heterocycles. The minimum absolute atomic E-state index is 0.318. The van der Waals surface area contributed by atoms with Crippen molar-refractivity contribution in [2.45, 2.75) is 19.0 Å². The fourth-order valence-electron chi connectivity index (χ4n) is 1.34. The number of esters is 1. The molecule has 106 valence electrons. The predicted octanol–water partition coefficient (Wildman–Crippen LogP) is 3.52. The van der Waals surface area contributed by atoms with Crippen LogP contribution in [0, 0.1) is 0 Å². The van der Waals surface area contributed by atoms with Crippen molar-refractivity contribution in [3.8, 4) is 0 Å². The zero-order chi connectivity index (χ0) is 14.8. The molecule has 0 fully saturated rings. The number of ether oxygens (including phenoxy) is 1. The normalized spacial score (nSPS) is 11.8. The summed E-state index contributed by atoms with van der Waals surface area (Å²) in [6, 6.07) is 0. The van der Waals surface area contributed by atoms with E-state index in [9.17, 15) is 26.7 Å². The lowest BCUT2D eigenvalue weighted by Gasteiger charge is -2.14. The number of alkyl halides is 5. The molecule has 19 heavy (non-hydrogen) atoms. The maximum Gasteiger partial charge on any atom is 0.434 e. The van der Waals surface area contributed by atoms with Gasteiger partial charge in [-0.1, -0.05) is 0 Å². The van der Waals surface area contributed by atoms with Gasteiger partial charge in [-0.3, -0.25) is 9.78 Å². The largest absolute Gasteiger partial charge is 0.469 e. The zero-order valence-electron chi connectivity index (χ0n) is 9.39. The van der Waals surface area contributed by atoms with Crippen molar-refractivity contribution >= 4 is 21.9 Å². The number of pyridine rings is 1. The molecule has 0 radical (unpaired) electrons. The number of nitrogens with zero attached hydrogens (tertiary/aromatic N) is 1. The summed E-state index contributed by atoms with van der Waals surface area (Å²) in [6.07, 6.45) is -8.03. The van der Waals surface area contributed by atoms with Crippen LogP contribution in [0.25, 0.3) is 0 Å². The Morgan fingerprint density at radius 1 is 1.47 bits per heavy atom. The maximum absolute atomic E-state index is 12.8. The van der Waals surface area contributed by atoms with E-state index in [0.717, 1.165) is 7.11 Å². The van der Waals surface area contributed by atoms with E-state index < -0.39 is 40.7 Å². The molecule has 0 aliphatic rings. The average Bonchev–Trinajstić information content (AvgIpc) is 2.26. The van der Waals surface area contributed by atoms with Crippen molar-refractivity contribution in [3.63, 3.8) is 0 Å². The fourth-order valence-corrected chi connectivity index (χ4v) is 2.09. The Kier molecular flexibility index (Phi) is 4.83. The van der Waals surface area contributed by atoms with Gasteiger partial charge in [0.1, 0.15) is 0 Å². The van der Waals surface area contributed by atoms with E-state index >= 15 is 0 Å². The first kappa shape index (κ1) is 15.8. The van der Waals surface area contributed by atoms with Crippen LogP contribution in [0.3, 0.4) is 0 Å². The van der Waals surface area contributed by atoms with Gasteiger partial charge in [-0.05, 0) is 21.5 Å². The van der Waals surface area contributed by atoms with Crippen molar-refractivity contribution in [2.24, 2.45) is 0 Å². The third-order valence-electron chi connectivity index (χ3n) is 2.19. The highest BCUT2D eigenvalue weighted by Gasteiger charge is 2.37. The molecule has 1 rings (SSSR count). The summed E-state index contributed by atoms with van der Waals surface area (Å²) in [5, 5.41) is 0. The Hall–Kier alpha value is -1.25. The number of hydrogen-bond donors (Lipinski definition) is 0. The number of carbonyl (C=O) groups excluding carboxylic acids is 1. The van der Waals surface area contributed by atoms with E-state index in [-0.39, 0.29) is 5.56 Å². The first-order valence-electron chi connectivity index (χ1n) is 4.78. The van der Waals surface area contributed by atoms with Crippen LogP contribution < -0.4 is 0 Å². The third-order valence-corrected chi connectivity index (χ3v) is 2.99. The number of aromatic nitrogens is 1. The quantitative estimate of drug-likeness (QED) is 0.620. The van der Waals surface area contributed by atoms with Crippen LogP contribution in [-0.2, 0) is 22.1 Å². The summed E-state index contributed by atoms with van der Waals surface area (Å²) in [7, 11) is 1.04. The second-order valence-corrected chi connectivity index (χ2v) is 4.20. The highest BCUT2D eigenvalue weighted by Crippen LogP contribution is 2.39. The molecular weight excluding hydrogens is 341 g/mol. The molecule has 0 unspecified atom stereocenters. The monoisotopic (exact) mass is 347 g/mol. The van der Waals surface area contributed by atoms with Crippen LogP contribution >= 0.6 is 15.9 Å². The van der Waals surface area contributed by atoms with Crippen LogP contribution in [0.15, 0.2) is 10.7 Å². The molecule has 0 aromatic carbocycles. The Bertz CT molecular complexity index is 490. The van der Waals surface area contributed by atoms with Crippen molar-refractivity contribution in [1.29, 1.82) is 0 Å². The molecule has 0 N–H and O–H groups in total. The van der Waals surface area contributed by atoms with Gasteiger partial charge in [0.2, 0.25) is 0 Å². The summed E-state index contributed by atoms with van der Waals surface area (Å²) in [6.45, 7) is 0. The molecule has 0 amide bonds. The smallest absolute Gasteiger partial charge is 0.434 e. The minimum Gasteiger partial charge on any atom is -0.469 e. The number of carbonyl (C=O) groups is 1. The Morgan fingerprint density at radius 3 is 2.47 bits per heavy atom. The lowest BCUT2D eigenvalue weighted by molar-refractivity contribution is -0.142. The third kappa shape index (κ3) is 3.62. The molecular formula is C10H7BrF5NO2. The summed E-state index contributed by atoms with van der Waals surface area (Å²) in [4.78, 5) is 14.1. The zero-order valence-corrected chi connectivity index (χ0v) is 11.0. The van der Waals surface area contributed by atoms with Crippen molar-refractivity contribution in [3.05, 3.63) is 27.5 Å². The van der Waals surface area contributed by atoms with Gasteiger partial charge in [0.15, 0.2) is 5.69 Å². The van der Waals surface area contributed by atoms with Gasteiger partial charge in [0.05, 0.1) is 18.0 Å². The van der Waals surface area contributed by atoms with Gasteiger partial charge in [0, 0.05) is 11.8 Å². The SMILES string of the molecule is COC(=O)Cc1cnc(C(F)(F)F)c(Br)c1C(F)F. The van der Waals surface area contributed by atoms with E-state index in [1.807, 2.05) is 0 Å². The van der Waals surface area contributed by atoms with E-state index in [4.69, 9.17) is 0 Å². The summed E-state index contributed by atoms with van der Waals surface area (Å²) < 4.78 is 66.7. The molecule has 9 heteroatoms. The van der Waals surface area contributed by atoms with E-state index in [1.165, 1.54) is 0 Å². The topological polar surface area (TPSA) is 39.2 Å². The summed E-state index contributed by atoms with van der Waals surface area (Å²) >= 11 is 2.47. The van der Waals surface area contributed by atoms with Crippen molar-refractivity contribution in [2.75, 3.05) is 7.11 Å². The molecule has 3 nitrogen and oxygen atoms in total. The average molecular weight is 348 g/mol. The van der Waals surface area contributed by atoms with Gasteiger partial charge in [-0.2, -0.15) is 13.2 Å². The Morgan fingerprint density at radius 2 is 2.05 bits per heavy atom. The van der Waals surface area contributed by atoms with Gasteiger partial charge in [-0.15, -0.1) is 0 Å². The molecule has 0 aliphatic carbocycles. The predicted molar refractivity (Wildman–Crippen MR) is 57.6 cm³/mol. The number of hydrogen-bond acceptors (Lipinski definition) is 3. The second-order valence-electron chi connectivity index (χ2n) is 3.41. The van der Waals surface area contributed by atoms with Gasteiger partial charge < -0.3 is 4.74 Å². The lowest BCUT2D eigenvalue weighted by atomic mass is 10.1. The molecule has 0 saturated carbocycles. The van der Waals surface area contributed by atoms with Crippen LogP contribution in [-0.4, -0.2) is 18.1 Å². The summed E-state index contributed by atoms with van der Waals surface area (Å²) in [5.41, 5.74) is -2.69. The second kappa shape index (κ2) is 5.81. The number of halogens is 6. The molecule has 0 spiro atoms. The standard InChI is InChI=1S/C10H7BrF5NO2/c1-19-5(18)2-4-3-17-8(10(14,15)16)7(11)6(4)9(12)13/h3,9H,2H2,1H3. The molecule has 1 aromatic rings. The van der Waals surface area contributed by atoms with Crippen LogP contribution in [0.2, 0.25) is 0 Å². The molecule has 0 bridgehead atoms. The first-order valence-corrected chi connectivity index (χ1v) is 5.57. The molecule has 1 aromatic heterocycles. The molecule has 0 atom stereocenters. The highest BCUT2D eigenvalue weighted by atomic mass is 79.9. The fraction of sp³-hybridized carbons (Fsp3) is 0.400. The molecule has 1 heterocycles.